The van der Waals surface area contributed by atoms with Crippen LogP contribution in [0.4, 0.5) is 10.1 Å². The van der Waals surface area contributed by atoms with E-state index in [1.165, 1.54) is 17.0 Å². The largest absolute Gasteiger partial charge is 0.318 e. The number of nitrogens with one attached hydrogen (secondary N) is 1. The second kappa shape index (κ2) is 4.54. The lowest BCUT2D eigenvalue weighted by atomic mass is 10.1. The minimum atomic E-state index is -0.604. The Morgan fingerprint density at radius 1 is 1.41 bits per heavy atom. The van der Waals surface area contributed by atoms with Crippen LogP contribution >= 0.6 is 15.9 Å². The molecule has 6 heteroatoms. The van der Waals surface area contributed by atoms with E-state index in [9.17, 15) is 14.0 Å². The maximum absolute atomic E-state index is 13.4. The van der Waals surface area contributed by atoms with Gasteiger partial charge in [0.1, 0.15) is 5.82 Å². The van der Waals surface area contributed by atoms with Gasteiger partial charge < -0.3 is 10.2 Å². The molecule has 1 aromatic rings. The van der Waals surface area contributed by atoms with E-state index in [2.05, 4.69) is 21.2 Å². The molecule has 17 heavy (non-hydrogen) atoms. The predicted octanol–water partition coefficient (Wildman–Crippen LogP) is 1.34. The number of nitrogens with zero attached hydrogens (tertiary/aromatic N) is 1. The zero-order valence-electron chi connectivity index (χ0n) is 9.09. The van der Waals surface area contributed by atoms with Crippen LogP contribution in [0.1, 0.15) is 10.4 Å². The number of Topliss-reactive ketones (excluding diaryl/α,β-unsaturated/α-hetero) is 1. The van der Waals surface area contributed by atoms with Crippen LogP contribution in [0.25, 0.3) is 0 Å². The lowest BCUT2D eigenvalue weighted by molar-refractivity contribution is -0.114. The second-order valence-electron chi connectivity index (χ2n) is 3.67. The van der Waals surface area contributed by atoms with Gasteiger partial charge in [-0.3, -0.25) is 9.59 Å². The predicted molar refractivity (Wildman–Crippen MR) is 64.7 cm³/mol. The van der Waals surface area contributed by atoms with Crippen molar-refractivity contribution >= 4 is 33.3 Å². The first-order chi connectivity index (χ1) is 8.06. The van der Waals surface area contributed by atoms with E-state index < -0.39 is 17.5 Å². The van der Waals surface area contributed by atoms with Gasteiger partial charge in [-0.05, 0) is 35.1 Å². The number of ketones is 1. The molecule has 0 radical (unpaired) electrons. The average Bonchev–Trinajstić information content (AvgIpc) is 2.52. The molecule has 0 unspecified atom stereocenters. The molecule has 1 amide bonds. The van der Waals surface area contributed by atoms with Crippen molar-refractivity contribution in [3.63, 3.8) is 0 Å². The molecule has 1 N–H and O–H groups in total. The van der Waals surface area contributed by atoms with Gasteiger partial charge in [0.2, 0.25) is 0 Å². The fraction of sp³-hybridized carbons (Fsp3) is 0.273. The zero-order valence-corrected chi connectivity index (χ0v) is 10.7. The number of rotatable bonds is 3. The highest BCUT2D eigenvalue weighted by molar-refractivity contribution is 9.10. The molecule has 2 rings (SSSR count). The van der Waals surface area contributed by atoms with Gasteiger partial charge in [-0.25, -0.2) is 4.39 Å². The van der Waals surface area contributed by atoms with Crippen LogP contribution in [0.3, 0.4) is 0 Å². The van der Waals surface area contributed by atoms with Crippen molar-refractivity contribution in [2.45, 2.75) is 0 Å². The van der Waals surface area contributed by atoms with Gasteiger partial charge >= 0.3 is 0 Å². The van der Waals surface area contributed by atoms with Crippen molar-refractivity contribution in [1.29, 1.82) is 0 Å². The molecular weight excluding hydrogens is 291 g/mol. The first-order valence-corrected chi connectivity index (χ1v) is 5.85. The Kier molecular flexibility index (Phi) is 3.26. The Hall–Kier alpha value is -1.27. The van der Waals surface area contributed by atoms with E-state index in [0.29, 0.717) is 18.8 Å². The lowest BCUT2D eigenvalue weighted by Crippen LogP contribution is -2.35. The molecule has 0 bridgehead atoms. The third-order valence-corrected chi connectivity index (χ3v) is 3.21. The highest BCUT2D eigenvalue weighted by Gasteiger charge is 2.36. The fourth-order valence-corrected chi connectivity index (χ4v) is 2.08. The van der Waals surface area contributed by atoms with Crippen LogP contribution in [-0.4, -0.2) is 31.8 Å². The molecule has 1 aliphatic rings. The second-order valence-corrected chi connectivity index (χ2v) is 4.53. The number of likely N-dealkylation sites (N-methyl/N-ethyl adjacent to an activating group) is 1. The number of carbonyl (C=O) groups excluding carboxylic acids is 2. The number of anilines is 1. The standard InChI is InChI=1S/C11H10BrFN2O2/c1-14-2-3-15-9-5-8(13)7(12)4-6(9)10(16)11(15)17/h4-5,14H,2-3H2,1H3. The Morgan fingerprint density at radius 3 is 2.76 bits per heavy atom. The van der Waals surface area contributed by atoms with E-state index in [-0.39, 0.29) is 10.0 Å². The Labute approximate surface area is 106 Å². The molecule has 0 saturated carbocycles. The van der Waals surface area contributed by atoms with Gasteiger partial charge in [-0.1, -0.05) is 0 Å². The van der Waals surface area contributed by atoms with Crippen molar-refractivity contribution in [2.75, 3.05) is 25.0 Å². The maximum atomic E-state index is 13.4. The van der Waals surface area contributed by atoms with Crippen LogP contribution < -0.4 is 10.2 Å². The number of hydrogen-bond donors (Lipinski definition) is 1. The molecule has 0 atom stereocenters. The first kappa shape index (κ1) is 12.2. The molecule has 90 valence electrons. The van der Waals surface area contributed by atoms with Gasteiger partial charge in [-0.2, -0.15) is 0 Å². The third-order valence-electron chi connectivity index (χ3n) is 2.60. The van der Waals surface area contributed by atoms with Crippen molar-refractivity contribution in [3.05, 3.63) is 28.0 Å². The van der Waals surface area contributed by atoms with Crippen molar-refractivity contribution in [2.24, 2.45) is 0 Å². The van der Waals surface area contributed by atoms with Gasteiger partial charge in [0.15, 0.2) is 0 Å². The summed E-state index contributed by atoms with van der Waals surface area (Å²) in [7, 11) is 1.74. The number of benzene rings is 1. The topological polar surface area (TPSA) is 49.4 Å². The molecule has 1 heterocycles. The first-order valence-electron chi connectivity index (χ1n) is 5.06. The highest BCUT2D eigenvalue weighted by atomic mass is 79.9. The summed E-state index contributed by atoms with van der Waals surface area (Å²) in [6.45, 7) is 0.880. The van der Waals surface area contributed by atoms with Gasteiger partial charge in [0.25, 0.3) is 11.7 Å². The average molecular weight is 301 g/mol. The minimum Gasteiger partial charge on any atom is -0.318 e. The molecule has 1 aliphatic heterocycles. The molecule has 1 aromatic carbocycles. The minimum absolute atomic E-state index is 0.188. The van der Waals surface area contributed by atoms with Crippen LogP contribution in [0, 0.1) is 5.82 Å². The van der Waals surface area contributed by atoms with E-state index in [1.807, 2.05) is 0 Å². The zero-order chi connectivity index (χ0) is 12.6. The van der Waals surface area contributed by atoms with Gasteiger partial charge in [-0.15, -0.1) is 0 Å². The van der Waals surface area contributed by atoms with E-state index in [1.54, 1.807) is 7.05 Å². The Balaban J connectivity index is 2.45. The third kappa shape index (κ3) is 1.98. The summed E-state index contributed by atoms with van der Waals surface area (Å²) in [5, 5.41) is 2.88. The highest BCUT2D eigenvalue weighted by Crippen LogP contribution is 2.32. The molecule has 0 aliphatic carbocycles. The molecule has 0 spiro atoms. The summed E-state index contributed by atoms with van der Waals surface area (Å²) in [6, 6.07) is 2.56. The van der Waals surface area contributed by atoms with Gasteiger partial charge in [0, 0.05) is 13.1 Å². The Bertz CT molecular complexity index is 504. The number of carbonyl (C=O) groups is 2. The maximum Gasteiger partial charge on any atom is 0.299 e. The molecule has 0 saturated heterocycles. The van der Waals surface area contributed by atoms with Crippen LogP contribution in [0.15, 0.2) is 16.6 Å². The summed E-state index contributed by atoms with van der Waals surface area (Å²) in [6.07, 6.45) is 0. The molecule has 0 fully saturated rings. The normalized spacial score (nSPS) is 14.4. The van der Waals surface area contributed by atoms with Crippen molar-refractivity contribution in [1.82, 2.24) is 5.32 Å². The quantitative estimate of drug-likeness (QED) is 0.857. The van der Waals surface area contributed by atoms with Crippen LogP contribution in [0.5, 0.6) is 0 Å². The van der Waals surface area contributed by atoms with E-state index in [0.717, 1.165) is 0 Å². The molecule has 4 nitrogen and oxygen atoms in total. The summed E-state index contributed by atoms with van der Waals surface area (Å²) in [5.74, 6) is -1.68. The monoisotopic (exact) mass is 300 g/mol. The fourth-order valence-electron chi connectivity index (χ4n) is 1.73. The van der Waals surface area contributed by atoms with Crippen LogP contribution in [0.2, 0.25) is 0 Å². The van der Waals surface area contributed by atoms with E-state index in [4.69, 9.17) is 0 Å². The summed E-state index contributed by atoms with van der Waals surface area (Å²) >= 11 is 3.00. The molecular formula is C11H10BrFN2O2. The van der Waals surface area contributed by atoms with Crippen molar-refractivity contribution in [3.8, 4) is 0 Å². The number of fused-ring (bicyclic) bond motifs is 1. The summed E-state index contributed by atoms with van der Waals surface area (Å²) < 4.78 is 13.6. The smallest absolute Gasteiger partial charge is 0.299 e. The number of amides is 1. The van der Waals surface area contributed by atoms with Gasteiger partial charge in [0.05, 0.1) is 15.7 Å². The lowest BCUT2D eigenvalue weighted by Gasteiger charge is -2.16. The number of hydrogen-bond acceptors (Lipinski definition) is 3. The van der Waals surface area contributed by atoms with Crippen LogP contribution in [-0.2, 0) is 4.79 Å². The molecule has 0 aromatic heterocycles. The summed E-state index contributed by atoms with van der Waals surface area (Å²) in [4.78, 5) is 24.7. The summed E-state index contributed by atoms with van der Waals surface area (Å²) in [5.41, 5.74) is 0.593. The van der Waals surface area contributed by atoms with E-state index >= 15 is 0 Å². The SMILES string of the molecule is CNCCN1C(=O)C(=O)c2cc(Br)c(F)cc21. The van der Waals surface area contributed by atoms with Crippen molar-refractivity contribution < 1.29 is 14.0 Å². The Morgan fingerprint density at radius 2 is 2.12 bits per heavy atom. The number of halogens is 2.